The number of hydrogen-bond acceptors (Lipinski definition) is 10. The number of nitrogens with zero attached hydrogens (tertiary/aromatic N) is 1. The van der Waals surface area contributed by atoms with Crippen LogP contribution in [-0.4, -0.2) is 89.7 Å². The molecule has 2 rings (SSSR count). The van der Waals surface area contributed by atoms with Crippen molar-refractivity contribution in [1.82, 2.24) is 20.9 Å². The van der Waals surface area contributed by atoms with Crippen LogP contribution in [0.2, 0.25) is 0 Å². The zero-order valence-corrected chi connectivity index (χ0v) is 27.4. The lowest BCUT2D eigenvalue weighted by Crippen LogP contribution is -2.58. The third-order valence-electron chi connectivity index (χ3n) is 6.88. The normalized spacial score (nSPS) is 14.7. The molecule has 0 fully saturated rings. The molecule has 1 aliphatic rings. The summed E-state index contributed by atoms with van der Waals surface area (Å²) in [6.45, 7) is 6.14. The lowest BCUT2D eigenvalue weighted by molar-refractivity contribution is -0.142. The van der Waals surface area contributed by atoms with Crippen molar-refractivity contribution in [1.29, 1.82) is 0 Å². The third-order valence-corrected chi connectivity index (χ3v) is 7.63. The van der Waals surface area contributed by atoms with E-state index in [1.807, 2.05) is 0 Å². The van der Waals surface area contributed by atoms with Crippen LogP contribution in [-0.2, 0) is 55.0 Å². The Balaban J connectivity index is 1.93. The number of amides is 6. The van der Waals surface area contributed by atoms with Crippen LogP contribution in [0.25, 0.3) is 0 Å². The third kappa shape index (κ3) is 13.7. The van der Waals surface area contributed by atoms with E-state index in [1.165, 1.54) is 26.0 Å². The Morgan fingerprint density at radius 3 is 2.02 bits per heavy atom. The Kier molecular flexibility index (Phi) is 14.7. The van der Waals surface area contributed by atoms with Crippen LogP contribution >= 0.6 is 0 Å². The summed E-state index contributed by atoms with van der Waals surface area (Å²) in [7, 11) is -4.74. The highest BCUT2D eigenvalue weighted by Crippen LogP contribution is 2.12. The molecule has 1 aromatic rings. The molecule has 0 bridgehead atoms. The maximum Gasteiger partial charge on any atom is 0.302 e. The van der Waals surface area contributed by atoms with E-state index in [9.17, 15) is 46.5 Å². The fourth-order valence-electron chi connectivity index (χ4n) is 4.32. The molecule has 0 radical (unpaired) electrons. The molecule has 0 saturated heterocycles. The summed E-state index contributed by atoms with van der Waals surface area (Å²) in [4.78, 5) is 86.6. The molecule has 6 amide bonds. The van der Waals surface area contributed by atoms with Gasteiger partial charge in [-0.2, -0.15) is 8.42 Å². The van der Waals surface area contributed by atoms with Crippen molar-refractivity contribution in [2.24, 2.45) is 5.92 Å². The fraction of sp³-hybridized carbons (Fsp3) is 0.500. The van der Waals surface area contributed by atoms with Gasteiger partial charge in [0.2, 0.25) is 23.6 Å². The summed E-state index contributed by atoms with van der Waals surface area (Å²) in [5.41, 5.74) is 1.11. The number of benzene rings is 1. The summed E-state index contributed by atoms with van der Waals surface area (Å²) in [6, 6.07) is 2.42. The molecule has 0 aliphatic carbocycles. The number of nitrogens with one attached hydrogen (secondary N) is 4. The van der Waals surface area contributed by atoms with Gasteiger partial charge >= 0.3 is 5.97 Å². The Morgan fingerprint density at radius 2 is 1.47 bits per heavy atom. The second-order valence-corrected chi connectivity index (χ2v) is 12.8. The van der Waals surface area contributed by atoms with Crippen LogP contribution in [0, 0.1) is 5.92 Å². The van der Waals surface area contributed by atoms with E-state index >= 15 is 0 Å². The number of ether oxygens (including phenoxy) is 1. The standard InChI is InChI=1S/C30H41N5O11S/c1-18(2)27(30(42)31-19(3)28(40)32-22-11-9-21(10-12-22)16-46-20(4)36)34-29(41)23(17-47(43,44)45)33-24(37)8-6-5-7-15-35-25(38)13-14-26(35)39/h9-14,18-19,23,27H,5-8,15-17H2,1-4H3,(H,31,42)(H,32,40)(H,33,37)(H,34,41)(H,43,44,45)/t19-,23-,27-/m1/s1. The maximum atomic E-state index is 13.1. The summed E-state index contributed by atoms with van der Waals surface area (Å²) in [5.74, 6) is -6.03. The minimum absolute atomic E-state index is 0.0679. The zero-order valence-electron chi connectivity index (χ0n) is 26.6. The highest BCUT2D eigenvalue weighted by molar-refractivity contribution is 7.85. The van der Waals surface area contributed by atoms with Gasteiger partial charge in [0.1, 0.15) is 30.5 Å². The smallest absolute Gasteiger partial charge is 0.302 e. The van der Waals surface area contributed by atoms with E-state index in [4.69, 9.17) is 4.74 Å². The van der Waals surface area contributed by atoms with Crippen molar-refractivity contribution in [3.05, 3.63) is 42.0 Å². The fourth-order valence-corrected chi connectivity index (χ4v) is 4.98. The number of imide groups is 1. The van der Waals surface area contributed by atoms with Crippen LogP contribution in [0.3, 0.4) is 0 Å². The topological polar surface area (TPSA) is 234 Å². The zero-order chi connectivity index (χ0) is 35.3. The van der Waals surface area contributed by atoms with E-state index in [-0.39, 0.29) is 19.6 Å². The second-order valence-electron chi connectivity index (χ2n) is 11.3. The SMILES string of the molecule is CC(=O)OCc1ccc(NC(=O)[C@@H](C)NC(=O)[C@H](NC(=O)[C@@H](CS(=O)(=O)O)NC(=O)CCCCCN2C(=O)C=CC2=O)C(C)C)cc1. The second kappa shape index (κ2) is 17.9. The number of esters is 1. The molecule has 1 aliphatic heterocycles. The van der Waals surface area contributed by atoms with Crippen molar-refractivity contribution < 1.29 is 51.3 Å². The van der Waals surface area contributed by atoms with Crippen LogP contribution in [0.1, 0.15) is 58.9 Å². The monoisotopic (exact) mass is 679 g/mol. The van der Waals surface area contributed by atoms with E-state index in [0.29, 0.717) is 30.5 Å². The van der Waals surface area contributed by atoms with E-state index < -0.39 is 81.3 Å². The van der Waals surface area contributed by atoms with E-state index in [1.54, 1.807) is 38.1 Å². The van der Waals surface area contributed by atoms with Gasteiger partial charge in [-0.15, -0.1) is 0 Å². The molecular formula is C30H41N5O11S. The number of rotatable bonds is 18. The van der Waals surface area contributed by atoms with Crippen LogP contribution in [0.5, 0.6) is 0 Å². The summed E-state index contributed by atoms with van der Waals surface area (Å²) < 4.78 is 37.6. The van der Waals surface area contributed by atoms with Gasteiger partial charge in [0.25, 0.3) is 21.9 Å². The van der Waals surface area contributed by atoms with Crippen molar-refractivity contribution in [2.45, 2.75) is 78.1 Å². The van der Waals surface area contributed by atoms with E-state index in [2.05, 4.69) is 21.3 Å². The lowest BCUT2D eigenvalue weighted by atomic mass is 10.0. The maximum absolute atomic E-state index is 13.1. The number of hydrogen-bond donors (Lipinski definition) is 5. The van der Waals surface area contributed by atoms with Gasteiger partial charge in [-0.25, -0.2) is 0 Å². The van der Waals surface area contributed by atoms with Gasteiger partial charge < -0.3 is 26.0 Å². The van der Waals surface area contributed by atoms with Gasteiger partial charge in [0.15, 0.2) is 0 Å². The minimum Gasteiger partial charge on any atom is -0.461 e. The number of anilines is 1. The first-order valence-electron chi connectivity index (χ1n) is 14.9. The molecule has 16 nitrogen and oxygen atoms in total. The van der Waals surface area contributed by atoms with Crippen molar-refractivity contribution in [3.8, 4) is 0 Å². The average Bonchev–Trinajstić information content (AvgIpc) is 3.30. The van der Waals surface area contributed by atoms with Gasteiger partial charge in [-0.3, -0.25) is 43.0 Å². The van der Waals surface area contributed by atoms with Crippen LogP contribution < -0.4 is 21.3 Å². The first kappa shape index (κ1) is 38.5. The minimum atomic E-state index is -4.74. The quantitative estimate of drug-likeness (QED) is 0.0608. The molecule has 0 spiro atoms. The van der Waals surface area contributed by atoms with Crippen LogP contribution in [0.15, 0.2) is 36.4 Å². The number of carbonyl (C=O) groups is 7. The van der Waals surface area contributed by atoms with E-state index in [0.717, 1.165) is 4.90 Å². The Labute approximate surface area is 272 Å². The van der Waals surface area contributed by atoms with Gasteiger partial charge in [-0.05, 0) is 43.4 Å². The highest BCUT2D eigenvalue weighted by Gasteiger charge is 2.32. The molecule has 0 saturated carbocycles. The molecule has 0 unspecified atom stereocenters. The molecule has 3 atom stereocenters. The summed E-state index contributed by atoms with van der Waals surface area (Å²) >= 11 is 0. The first-order valence-corrected chi connectivity index (χ1v) is 16.5. The predicted octanol–water partition coefficient (Wildman–Crippen LogP) is 0.192. The first-order chi connectivity index (χ1) is 22.0. The molecule has 1 aromatic carbocycles. The summed E-state index contributed by atoms with van der Waals surface area (Å²) in [5, 5.41) is 9.79. The Morgan fingerprint density at radius 1 is 0.851 bits per heavy atom. The van der Waals surface area contributed by atoms with Gasteiger partial charge in [-0.1, -0.05) is 32.4 Å². The Bertz CT molecular complexity index is 1460. The molecular weight excluding hydrogens is 638 g/mol. The molecule has 258 valence electrons. The molecule has 1 heterocycles. The van der Waals surface area contributed by atoms with Crippen molar-refractivity contribution in [2.75, 3.05) is 17.6 Å². The largest absolute Gasteiger partial charge is 0.461 e. The average molecular weight is 680 g/mol. The lowest BCUT2D eigenvalue weighted by Gasteiger charge is -2.26. The molecule has 17 heteroatoms. The highest BCUT2D eigenvalue weighted by atomic mass is 32.2. The molecule has 5 N–H and O–H groups in total. The molecule has 47 heavy (non-hydrogen) atoms. The Hall–Kier alpha value is -4.64. The van der Waals surface area contributed by atoms with Gasteiger partial charge in [0, 0.05) is 37.7 Å². The summed E-state index contributed by atoms with van der Waals surface area (Å²) in [6.07, 6.45) is 3.38. The number of carbonyl (C=O) groups excluding carboxylic acids is 7. The van der Waals surface area contributed by atoms with Gasteiger partial charge in [0.05, 0.1) is 0 Å². The molecule has 0 aromatic heterocycles. The predicted molar refractivity (Wildman–Crippen MR) is 168 cm³/mol. The van der Waals surface area contributed by atoms with Crippen molar-refractivity contribution >= 4 is 57.2 Å². The van der Waals surface area contributed by atoms with Crippen molar-refractivity contribution in [3.63, 3.8) is 0 Å². The number of unbranched alkanes of at least 4 members (excludes halogenated alkanes) is 2. The van der Waals surface area contributed by atoms with Crippen LogP contribution in [0.4, 0.5) is 5.69 Å².